The third kappa shape index (κ3) is 4.10. The van der Waals surface area contributed by atoms with Crippen LogP contribution in [0.3, 0.4) is 0 Å². The molecule has 0 spiro atoms. The molecule has 1 rings (SSSR count). The maximum Gasteiger partial charge on any atom is 0.233 e. The third-order valence-corrected chi connectivity index (χ3v) is 3.36. The van der Waals surface area contributed by atoms with Crippen LogP contribution in [0.4, 0.5) is 0 Å². The first-order valence-electron chi connectivity index (χ1n) is 6.31. The molecule has 0 bridgehead atoms. The van der Waals surface area contributed by atoms with Crippen LogP contribution in [0.5, 0.6) is 0 Å². The van der Waals surface area contributed by atoms with Gasteiger partial charge < -0.3 is 15.7 Å². The van der Waals surface area contributed by atoms with Crippen LogP contribution in [-0.4, -0.2) is 37.3 Å². The number of aliphatic hydroxyl groups excluding tert-OH is 1. The van der Waals surface area contributed by atoms with Gasteiger partial charge in [-0.25, -0.2) is 0 Å². The van der Waals surface area contributed by atoms with Crippen LogP contribution in [0.2, 0.25) is 0 Å². The lowest BCUT2D eigenvalue weighted by atomic mass is 9.87. The van der Waals surface area contributed by atoms with Crippen molar-refractivity contribution in [3.63, 3.8) is 0 Å². The Kier molecular flexibility index (Phi) is 5.77. The highest BCUT2D eigenvalue weighted by Gasteiger charge is 2.32. The van der Waals surface area contributed by atoms with E-state index in [4.69, 9.17) is 0 Å². The third-order valence-electron chi connectivity index (χ3n) is 3.36. The molecule has 1 amide bonds. The first kappa shape index (κ1) is 13.5. The molecule has 0 atom stereocenters. The minimum Gasteiger partial charge on any atom is -0.396 e. The molecule has 0 unspecified atom stereocenters. The maximum atomic E-state index is 11.3. The topological polar surface area (TPSA) is 61.4 Å². The molecule has 1 fully saturated rings. The van der Waals surface area contributed by atoms with Crippen molar-refractivity contribution in [3.05, 3.63) is 0 Å². The zero-order chi connectivity index (χ0) is 11.9. The highest BCUT2D eigenvalue weighted by atomic mass is 16.3. The van der Waals surface area contributed by atoms with E-state index in [1.807, 2.05) is 6.92 Å². The van der Waals surface area contributed by atoms with Crippen molar-refractivity contribution in [1.82, 2.24) is 10.6 Å². The average molecular weight is 228 g/mol. The Morgan fingerprint density at radius 2 is 2.06 bits per heavy atom. The minimum atomic E-state index is 0.0328. The lowest BCUT2D eigenvalue weighted by Gasteiger charge is -2.26. The molecule has 1 saturated carbocycles. The molecule has 0 saturated heterocycles. The molecule has 1 aliphatic rings. The first-order chi connectivity index (χ1) is 7.72. The van der Waals surface area contributed by atoms with E-state index in [-0.39, 0.29) is 17.9 Å². The summed E-state index contributed by atoms with van der Waals surface area (Å²) in [5.74, 6) is 0.0490. The van der Waals surface area contributed by atoms with Crippen molar-refractivity contribution in [2.24, 2.45) is 5.41 Å². The predicted octanol–water partition coefficient (Wildman–Crippen LogP) is 0.655. The van der Waals surface area contributed by atoms with E-state index in [2.05, 4.69) is 10.6 Å². The molecule has 3 N–H and O–H groups in total. The van der Waals surface area contributed by atoms with Crippen LogP contribution >= 0.6 is 0 Å². The van der Waals surface area contributed by atoms with Crippen molar-refractivity contribution in [2.45, 2.75) is 39.0 Å². The minimum absolute atomic E-state index is 0.0328. The lowest BCUT2D eigenvalue weighted by molar-refractivity contribution is -0.120. The Bertz CT molecular complexity index is 213. The van der Waals surface area contributed by atoms with Gasteiger partial charge in [-0.3, -0.25) is 4.79 Å². The summed E-state index contributed by atoms with van der Waals surface area (Å²) in [5.41, 5.74) is 0.0328. The summed E-state index contributed by atoms with van der Waals surface area (Å²) in [4.78, 5) is 11.3. The van der Waals surface area contributed by atoms with Crippen LogP contribution in [0.1, 0.15) is 39.0 Å². The standard InChI is InChI=1S/C12H24N2O2/c1-2-7-14-11(16)8-13-9-12(10-15)5-3-4-6-12/h13,15H,2-10H2,1H3,(H,14,16). The largest absolute Gasteiger partial charge is 0.396 e. The van der Waals surface area contributed by atoms with Gasteiger partial charge in [0.1, 0.15) is 0 Å². The van der Waals surface area contributed by atoms with Gasteiger partial charge in [-0.05, 0) is 19.3 Å². The van der Waals surface area contributed by atoms with E-state index < -0.39 is 0 Å². The Hall–Kier alpha value is -0.610. The number of hydrogen-bond donors (Lipinski definition) is 3. The number of rotatable bonds is 7. The number of carbonyl (C=O) groups is 1. The summed E-state index contributed by atoms with van der Waals surface area (Å²) in [7, 11) is 0. The second-order valence-electron chi connectivity index (χ2n) is 4.82. The summed E-state index contributed by atoms with van der Waals surface area (Å²) in [6.07, 6.45) is 5.51. The molecule has 0 aromatic rings. The van der Waals surface area contributed by atoms with Gasteiger partial charge >= 0.3 is 0 Å². The van der Waals surface area contributed by atoms with Gasteiger partial charge in [-0.1, -0.05) is 19.8 Å². The summed E-state index contributed by atoms with van der Waals surface area (Å²) in [6, 6.07) is 0. The van der Waals surface area contributed by atoms with Crippen LogP contribution < -0.4 is 10.6 Å². The van der Waals surface area contributed by atoms with E-state index in [0.717, 1.165) is 32.4 Å². The van der Waals surface area contributed by atoms with Gasteiger partial charge in [0.2, 0.25) is 5.91 Å². The number of hydrogen-bond acceptors (Lipinski definition) is 3. The van der Waals surface area contributed by atoms with Gasteiger partial charge in [-0.15, -0.1) is 0 Å². The van der Waals surface area contributed by atoms with E-state index in [0.29, 0.717) is 6.54 Å². The number of carbonyl (C=O) groups excluding carboxylic acids is 1. The average Bonchev–Trinajstić information content (AvgIpc) is 2.76. The lowest BCUT2D eigenvalue weighted by Crippen LogP contribution is -2.40. The molecule has 0 radical (unpaired) electrons. The monoisotopic (exact) mass is 228 g/mol. The second kappa shape index (κ2) is 6.86. The van der Waals surface area contributed by atoms with Crippen molar-refractivity contribution >= 4 is 5.91 Å². The fraction of sp³-hybridized carbons (Fsp3) is 0.917. The molecular formula is C12H24N2O2. The normalized spacial score (nSPS) is 18.6. The molecule has 0 aromatic carbocycles. The number of nitrogens with one attached hydrogen (secondary N) is 2. The molecular weight excluding hydrogens is 204 g/mol. The van der Waals surface area contributed by atoms with Crippen molar-refractivity contribution in [3.8, 4) is 0 Å². The highest BCUT2D eigenvalue weighted by Crippen LogP contribution is 2.36. The molecule has 94 valence electrons. The van der Waals surface area contributed by atoms with Gasteiger partial charge in [0.05, 0.1) is 6.54 Å². The summed E-state index contributed by atoms with van der Waals surface area (Å²) >= 11 is 0. The number of aliphatic hydroxyl groups is 1. The van der Waals surface area contributed by atoms with Gasteiger partial charge in [0, 0.05) is 25.1 Å². The molecule has 4 nitrogen and oxygen atoms in total. The quantitative estimate of drug-likeness (QED) is 0.600. The van der Waals surface area contributed by atoms with Crippen molar-refractivity contribution in [2.75, 3.05) is 26.2 Å². The second-order valence-corrected chi connectivity index (χ2v) is 4.82. The molecule has 1 aliphatic carbocycles. The summed E-state index contributed by atoms with van der Waals surface area (Å²) in [5, 5.41) is 15.4. The Morgan fingerprint density at radius 1 is 1.38 bits per heavy atom. The van der Waals surface area contributed by atoms with Crippen LogP contribution in [0.25, 0.3) is 0 Å². The Balaban J connectivity index is 2.16. The van der Waals surface area contributed by atoms with Crippen LogP contribution in [0.15, 0.2) is 0 Å². The van der Waals surface area contributed by atoms with E-state index in [1.165, 1.54) is 12.8 Å². The summed E-state index contributed by atoms with van der Waals surface area (Å²) in [6.45, 7) is 4.13. The highest BCUT2D eigenvalue weighted by molar-refractivity contribution is 5.77. The van der Waals surface area contributed by atoms with E-state index in [9.17, 15) is 9.90 Å². The van der Waals surface area contributed by atoms with E-state index >= 15 is 0 Å². The van der Waals surface area contributed by atoms with Gasteiger partial charge in [-0.2, -0.15) is 0 Å². The summed E-state index contributed by atoms with van der Waals surface area (Å²) < 4.78 is 0. The first-order valence-corrected chi connectivity index (χ1v) is 6.31. The fourth-order valence-corrected chi connectivity index (χ4v) is 2.28. The molecule has 0 aliphatic heterocycles. The van der Waals surface area contributed by atoms with Crippen LogP contribution in [-0.2, 0) is 4.79 Å². The zero-order valence-electron chi connectivity index (χ0n) is 10.2. The Labute approximate surface area is 97.8 Å². The molecule has 16 heavy (non-hydrogen) atoms. The van der Waals surface area contributed by atoms with E-state index in [1.54, 1.807) is 0 Å². The molecule has 0 heterocycles. The molecule has 4 heteroatoms. The SMILES string of the molecule is CCCNC(=O)CNCC1(CO)CCCC1. The zero-order valence-corrected chi connectivity index (χ0v) is 10.2. The smallest absolute Gasteiger partial charge is 0.233 e. The fourth-order valence-electron chi connectivity index (χ4n) is 2.28. The van der Waals surface area contributed by atoms with Crippen molar-refractivity contribution < 1.29 is 9.90 Å². The Morgan fingerprint density at radius 3 is 2.62 bits per heavy atom. The van der Waals surface area contributed by atoms with Gasteiger partial charge in [0.25, 0.3) is 0 Å². The van der Waals surface area contributed by atoms with Gasteiger partial charge in [0.15, 0.2) is 0 Å². The predicted molar refractivity (Wildman–Crippen MR) is 64.2 cm³/mol. The van der Waals surface area contributed by atoms with Crippen LogP contribution in [0, 0.1) is 5.41 Å². The number of amides is 1. The van der Waals surface area contributed by atoms with Crippen molar-refractivity contribution in [1.29, 1.82) is 0 Å². The maximum absolute atomic E-state index is 11.3. The molecule has 0 aromatic heterocycles.